The summed E-state index contributed by atoms with van der Waals surface area (Å²) in [7, 11) is 0. The molecule has 1 N–H and O–H groups in total. The van der Waals surface area contributed by atoms with E-state index in [0.29, 0.717) is 0 Å². The first-order valence-electron chi connectivity index (χ1n) is 2.39. The van der Waals surface area contributed by atoms with Gasteiger partial charge < -0.3 is 29.9 Å². The molecule has 0 fully saturated rings. The van der Waals surface area contributed by atoms with Crippen molar-refractivity contribution in [2.45, 2.75) is 6.42 Å². The molecule has 0 amide bonds. The first kappa shape index (κ1) is 17.1. The summed E-state index contributed by atoms with van der Waals surface area (Å²) in [4.78, 5) is 0. The van der Waals surface area contributed by atoms with Crippen LogP contribution in [0.15, 0.2) is 23.8 Å². The summed E-state index contributed by atoms with van der Waals surface area (Å²) < 4.78 is 0. The smallest absolute Gasteiger partial charge is 0.0647 e. The number of hydrogen-bond acceptors (Lipinski definition) is 1. The van der Waals surface area contributed by atoms with E-state index in [0.717, 1.165) is 12.0 Å². The Morgan fingerprint density at radius 2 is 2.00 bits per heavy atom. The summed E-state index contributed by atoms with van der Waals surface area (Å²) in [6.07, 6.45) is 6.88. The zero-order chi connectivity index (χ0) is 5.11. The van der Waals surface area contributed by atoms with Crippen LogP contribution in [0.3, 0.4) is 0 Å². The van der Waals surface area contributed by atoms with Gasteiger partial charge in [-0.3, -0.25) is 0 Å². The van der Waals surface area contributed by atoms with E-state index in [1.54, 1.807) is 0 Å². The van der Waals surface area contributed by atoms with Crippen molar-refractivity contribution in [2.24, 2.45) is 0 Å². The molecular weight excluding hydrogens is 337 g/mol. The average Bonchev–Trinajstić information content (AvgIpc) is 2.14. The van der Waals surface area contributed by atoms with E-state index in [-0.39, 0.29) is 57.3 Å². The van der Waals surface area contributed by atoms with Gasteiger partial charge in [-0.2, -0.15) is 0 Å². The molecule has 1 aliphatic rings. The van der Waals surface area contributed by atoms with Gasteiger partial charge in [-0.05, 0) is 12.0 Å². The summed E-state index contributed by atoms with van der Waals surface area (Å²) in [5.41, 5.74) is 1.11. The zero-order valence-corrected chi connectivity index (χ0v) is 10.5. The summed E-state index contributed by atoms with van der Waals surface area (Å²) in [6, 6.07) is 0. The predicted molar refractivity (Wildman–Crippen MR) is 28.9 cm³/mol. The normalized spacial score (nSPS) is 12.3. The van der Waals surface area contributed by atoms with Crippen LogP contribution in [0, 0.1) is 0 Å². The van der Waals surface area contributed by atoms with Gasteiger partial charge in [-0.25, -0.2) is 0 Å². The molecule has 1 aliphatic carbocycles. The van der Waals surface area contributed by atoms with Crippen molar-refractivity contribution >= 4 is 0 Å². The van der Waals surface area contributed by atoms with Crippen molar-refractivity contribution in [1.29, 1.82) is 0 Å². The van der Waals surface area contributed by atoms with E-state index < -0.39 is 0 Å². The molecule has 0 heterocycles. The van der Waals surface area contributed by atoms with Crippen LogP contribution < -0.4 is 24.8 Å². The number of aliphatic hydroxyl groups is 1. The molecule has 0 aromatic heterocycles. The first-order chi connectivity index (χ1) is 3.43. The van der Waals surface area contributed by atoms with Gasteiger partial charge in [0.2, 0.25) is 0 Å². The van der Waals surface area contributed by atoms with Gasteiger partial charge in [0.05, 0.1) is 6.61 Å². The molecule has 0 saturated heterocycles. The third kappa shape index (κ3) is 5.66. The number of rotatable bonds is 1. The van der Waals surface area contributed by atoms with Crippen LogP contribution in [0.4, 0.5) is 0 Å². The fraction of sp³-hybridized carbons (Fsp3) is 0.333. The van der Waals surface area contributed by atoms with Gasteiger partial charge in [0.15, 0.2) is 0 Å². The Kier molecular flexibility index (Phi) is 16.9. The maximum absolute atomic E-state index is 8.46. The monoisotopic (exact) mass is 346 g/mol. The maximum atomic E-state index is 8.46. The molecule has 0 spiro atoms. The van der Waals surface area contributed by atoms with Crippen molar-refractivity contribution in [3.63, 3.8) is 0 Å². The number of allylic oxidation sites excluding steroid dienone is 3. The fourth-order valence-electron chi connectivity index (χ4n) is 0.609. The van der Waals surface area contributed by atoms with E-state index in [2.05, 4.69) is 0 Å². The molecule has 0 radical (unpaired) electrons. The zero-order valence-electron chi connectivity index (χ0n) is 5.35. The van der Waals surface area contributed by atoms with Crippen molar-refractivity contribution in [1.82, 2.24) is 0 Å². The van der Waals surface area contributed by atoms with E-state index in [4.69, 9.17) is 5.11 Å². The van der Waals surface area contributed by atoms with Gasteiger partial charge in [-0.1, -0.05) is 18.2 Å². The molecule has 0 unspecified atom stereocenters. The fourth-order valence-corrected chi connectivity index (χ4v) is 0.609. The first-order valence-corrected chi connectivity index (χ1v) is 2.39. The number of aliphatic hydroxyl groups excluding tert-OH is 1. The summed E-state index contributed by atoms with van der Waals surface area (Å²) in [6.45, 7) is 0.215. The van der Waals surface area contributed by atoms with Crippen LogP contribution in [0.5, 0.6) is 0 Å². The standard InChI is InChI=1S/C6H8O.2ClH.Hf/c7-5-6-3-1-2-4-6;;;/h1-3,7H,4-5H2;2*1H;/p-2. The largest absolute Gasteiger partial charge is 1.00 e. The van der Waals surface area contributed by atoms with Crippen LogP contribution in [0.25, 0.3) is 0 Å². The van der Waals surface area contributed by atoms with Gasteiger partial charge in [0, 0.05) is 25.8 Å². The number of hydrogen-bond donors (Lipinski definition) is 1. The quantitative estimate of drug-likeness (QED) is 0.472. The maximum Gasteiger partial charge on any atom is 0.0647 e. The Bertz CT molecular complexity index is 123. The topological polar surface area (TPSA) is 20.2 Å². The molecule has 10 heavy (non-hydrogen) atoms. The summed E-state index contributed by atoms with van der Waals surface area (Å²) in [5, 5.41) is 8.46. The van der Waals surface area contributed by atoms with Crippen LogP contribution in [-0.4, -0.2) is 11.7 Å². The van der Waals surface area contributed by atoms with Gasteiger partial charge in [0.1, 0.15) is 0 Å². The Labute approximate surface area is 92.2 Å². The SMILES string of the molecule is OCC1=CC=CC1.[Cl-].[Cl-].[Hf]. The Morgan fingerprint density at radius 3 is 2.20 bits per heavy atom. The third-order valence-electron chi connectivity index (χ3n) is 1.05. The van der Waals surface area contributed by atoms with Crippen molar-refractivity contribution in [2.75, 3.05) is 6.61 Å². The molecule has 0 aromatic rings. The average molecular weight is 346 g/mol. The molecule has 0 saturated carbocycles. The molecule has 1 nitrogen and oxygen atoms in total. The van der Waals surface area contributed by atoms with Gasteiger partial charge in [0.25, 0.3) is 0 Å². The number of halogens is 2. The van der Waals surface area contributed by atoms with E-state index in [1.807, 2.05) is 18.2 Å². The summed E-state index contributed by atoms with van der Waals surface area (Å²) >= 11 is 0. The summed E-state index contributed by atoms with van der Waals surface area (Å²) in [5.74, 6) is 0. The van der Waals surface area contributed by atoms with Crippen molar-refractivity contribution in [3.05, 3.63) is 23.8 Å². The molecule has 0 atom stereocenters. The minimum absolute atomic E-state index is 0. The van der Waals surface area contributed by atoms with Crippen LogP contribution in [0.2, 0.25) is 0 Å². The second-order valence-corrected chi connectivity index (χ2v) is 1.62. The predicted octanol–water partition coefficient (Wildman–Crippen LogP) is -5.13. The second kappa shape index (κ2) is 9.89. The minimum atomic E-state index is 0. The van der Waals surface area contributed by atoms with Crippen LogP contribution in [0.1, 0.15) is 6.42 Å². The minimum Gasteiger partial charge on any atom is -1.00 e. The Morgan fingerprint density at radius 1 is 1.40 bits per heavy atom. The second-order valence-electron chi connectivity index (χ2n) is 1.62. The van der Waals surface area contributed by atoms with Crippen LogP contribution in [-0.2, 0) is 25.8 Å². The third-order valence-corrected chi connectivity index (χ3v) is 1.05. The molecule has 0 aliphatic heterocycles. The van der Waals surface area contributed by atoms with Gasteiger partial charge >= 0.3 is 0 Å². The molecule has 4 heteroatoms. The van der Waals surface area contributed by atoms with Crippen molar-refractivity contribution < 1.29 is 55.8 Å². The van der Waals surface area contributed by atoms with Gasteiger partial charge in [-0.15, -0.1) is 0 Å². The van der Waals surface area contributed by atoms with E-state index >= 15 is 0 Å². The molecule has 58 valence electrons. The molecular formula is C6H8Cl2HfO-2. The molecule has 0 aromatic carbocycles. The Balaban J connectivity index is -0.000000163. The van der Waals surface area contributed by atoms with Crippen molar-refractivity contribution in [3.8, 4) is 0 Å². The Hall–Kier alpha value is 0.890. The van der Waals surface area contributed by atoms with E-state index in [9.17, 15) is 0 Å². The van der Waals surface area contributed by atoms with E-state index in [1.165, 1.54) is 0 Å². The molecule has 1 rings (SSSR count). The molecule has 0 bridgehead atoms. The van der Waals surface area contributed by atoms with Crippen LogP contribution >= 0.6 is 0 Å².